The number of carbonyl (C=O) groups is 1. The van der Waals surface area contributed by atoms with E-state index < -0.39 is 0 Å². The average Bonchev–Trinajstić information content (AvgIpc) is 3.00. The Kier molecular flexibility index (Phi) is 4.57. The van der Waals surface area contributed by atoms with E-state index in [4.69, 9.17) is 4.52 Å². The maximum atomic E-state index is 12.7. The van der Waals surface area contributed by atoms with Crippen LogP contribution in [0.25, 0.3) is 0 Å². The Labute approximate surface area is 148 Å². The number of carbonyl (C=O) groups excluding carboxylic acids is 1. The van der Waals surface area contributed by atoms with Crippen LogP contribution in [-0.2, 0) is 11.3 Å². The number of rotatable bonds is 4. The van der Waals surface area contributed by atoms with Gasteiger partial charge in [-0.05, 0) is 31.2 Å². The minimum Gasteiger partial charge on any atom is -0.361 e. The van der Waals surface area contributed by atoms with Crippen LogP contribution in [0.4, 0.5) is 0 Å². The summed E-state index contributed by atoms with van der Waals surface area (Å²) in [5.74, 6) is 1.98. The topological polar surface area (TPSA) is 49.6 Å². The van der Waals surface area contributed by atoms with Crippen molar-refractivity contribution in [3.8, 4) is 0 Å². The molecule has 0 atom stereocenters. The molecule has 1 aliphatic carbocycles. The van der Waals surface area contributed by atoms with E-state index in [2.05, 4.69) is 39.2 Å². The first-order valence-corrected chi connectivity index (χ1v) is 9.17. The Morgan fingerprint density at radius 1 is 1.16 bits per heavy atom. The lowest BCUT2D eigenvalue weighted by molar-refractivity contribution is -0.140. The highest BCUT2D eigenvalue weighted by atomic mass is 16.5. The number of piperazine rings is 1. The fourth-order valence-electron chi connectivity index (χ4n) is 3.92. The van der Waals surface area contributed by atoms with Crippen molar-refractivity contribution in [1.29, 1.82) is 0 Å². The number of aromatic nitrogens is 1. The van der Waals surface area contributed by atoms with Crippen LogP contribution in [0.5, 0.6) is 0 Å². The molecular formula is C20H25N3O2. The summed E-state index contributed by atoms with van der Waals surface area (Å²) in [6.45, 7) is 6.18. The van der Waals surface area contributed by atoms with Crippen LogP contribution in [-0.4, -0.2) is 47.0 Å². The predicted molar refractivity (Wildman–Crippen MR) is 95.0 cm³/mol. The van der Waals surface area contributed by atoms with Crippen LogP contribution in [0, 0.1) is 12.8 Å². The third-order valence-electron chi connectivity index (χ3n) is 5.50. The van der Waals surface area contributed by atoms with Crippen molar-refractivity contribution in [2.24, 2.45) is 5.92 Å². The van der Waals surface area contributed by atoms with Crippen LogP contribution in [0.15, 0.2) is 40.9 Å². The van der Waals surface area contributed by atoms with Crippen molar-refractivity contribution in [3.63, 3.8) is 0 Å². The van der Waals surface area contributed by atoms with Gasteiger partial charge in [0.05, 0.1) is 5.69 Å². The molecule has 1 aliphatic heterocycles. The molecule has 0 N–H and O–H groups in total. The van der Waals surface area contributed by atoms with Gasteiger partial charge in [0.25, 0.3) is 0 Å². The number of hydrogen-bond acceptors (Lipinski definition) is 4. The maximum Gasteiger partial charge on any atom is 0.225 e. The summed E-state index contributed by atoms with van der Waals surface area (Å²) >= 11 is 0. The lowest BCUT2D eigenvalue weighted by Crippen LogP contribution is -2.51. The van der Waals surface area contributed by atoms with E-state index in [0.717, 1.165) is 57.0 Å². The van der Waals surface area contributed by atoms with Crippen molar-refractivity contribution < 1.29 is 9.32 Å². The van der Waals surface area contributed by atoms with Crippen molar-refractivity contribution in [3.05, 3.63) is 53.4 Å². The highest BCUT2D eigenvalue weighted by molar-refractivity contribution is 5.80. The largest absolute Gasteiger partial charge is 0.361 e. The third-order valence-corrected chi connectivity index (χ3v) is 5.50. The van der Waals surface area contributed by atoms with Crippen molar-refractivity contribution >= 4 is 5.91 Å². The molecule has 1 saturated heterocycles. The normalized spacial score (nSPS) is 24.1. The summed E-state index contributed by atoms with van der Waals surface area (Å²) in [5, 5.41) is 4.05. The summed E-state index contributed by atoms with van der Waals surface area (Å²) in [6, 6.07) is 12.5. The van der Waals surface area contributed by atoms with Gasteiger partial charge in [0.2, 0.25) is 5.91 Å². The van der Waals surface area contributed by atoms with Crippen LogP contribution >= 0.6 is 0 Å². The molecule has 1 aromatic carbocycles. The van der Waals surface area contributed by atoms with Gasteiger partial charge < -0.3 is 9.42 Å². The van der Waals surface area contributed by atoms with Crippen molar-refractivity contribution in [2.45, 2.75) is 32.2 Å². The zero-order chi connectivity index (χ0) is 17.2. The number of benzene rings is 1. The summed E-state index contributed by atoms with van der Waals surface area (Å²) in [6.07, 6.45) is 2.00. The summed E-state index contributed by atoms with van der Waals surface area (Å²) in [4.78, 5) is 17.1. The second-order valence-corrected chi connectivity index (χ2v) is 7.31. The van der Waals surface area contributed by atoms with Crippen LogP contribution in [0.2, 0.25) is 0 Å². The fourth-order valence-corrected chi connectivity index (χ4v) is 3.92. The number of aryl methyl sites for hydroxylation is 1. The van der Waals surface area contributed by atoms with Gasteiger partial charge >= 0.3 is 0 Å². The summed E-state index contributed by atoms with van der Waals surface area (Å²) in [7, 11) is 0. The van der Waals surface area contributed by atoms with Gasteiger partial charge in [-0.2, -0.15) is 0 Å². The zero-order valence-electron chi connectivity index (χ0n) is 14.7. The van der Waals surface area contributed by atoms with Crippen LogP contribution < -0.4 is 0 Å². The highest BCUT2D eigenvalue weighted by Crippen LogP contribution is 2.42. The molecule has 2 aliphatic rings. The highest BCUT2D eigenvalue weighted by Gasteiger charge is 2.38. The van der Waals surface area contributed by atoms with E-state index >= 15 is 0 Å². The minimum atomic E-state index is 0.218. The lowest BCUT2D eigenvalue weighted by Gasteiger charge is -2.41. The molecule has 2 heterocycles. The first kappa shape index (κ1) is 16.3. The van der Waals surface area contributed by atoms with E-state index in [0.29, 0.717) is 11.8 Å². The smallest absolute Gasteiger partial charge is 0.225 e. The molecule has 4 rings (SSSR count). The van der Waals surface area contributed by atoms with E-state index in [9.17, 15) is 4.79 Å². The van der Waals surface area contributed by atoms with Gasteiger partial charge in [0.15, 0.2) is 0 Å². The standard InChI is InChI=1S/C20H25N3O2/c1-15-11-19(21-25-15)14-22-7-9-23(10-8-22)20(24)18-12-17(13-18)16-5-3-2-4-6-16/h2-6,11,17-18H,7-10,12-14H2,1H3. The van der Waals surface area contributed by atoms with E-state index in [1.165, 1.54) is 5.56 Å². The molecule has 2 aromatic rings. The molecule has 0 unspecified atom stereocenters. The molecule has 25 heavy (non-hydrogen) atoms. The number of nitrogens with zero attached hydrogens (tertiary/aromatic N) is 3. The zero-order valence-corrected chi connectivity index (χ0v) is 14.7. The SMILES string of the molecule is Cc1cc(CN2CCN(C(=O)C3CC(c4ccccc4)C3)CC2)no1. The second-order valence-electron chi connectivity index (χ2n) is 7.31. The first-order valence-electron chi connectivity index (χ1n) is 9.17. The molecule has 0 spiro atoms. The fraction of sp³-hybridized carbons (Fsp3) is 0.500. The molecule has 5 heteroatoms. The van der Waals surface area contributed by atoms with Gasteiger partial charge in [-0.1, -0.05) is 35.5 Å². The second kappa shape index (κ2) is 7.00. The average molecular weight is 339 g/mol. The molecule has 1 aromatic heterocycles. The third kappa shape index (κ3) is 3.61. The van der Waals surface area contributed by atoms with Crippen molar-refractivity contribution in [2.75, 3.05) is 26.2 Å². The Morgan fingerprint density at radius 3 is 2.52 bits per heavy atom. The quantitative estimate of drug-likeness (QED) is 0.859. The number of hydrogen-bond donors (Lipinski definition) is 0. The molecule has 0 bridgehead atoms. The minimum absolute atomic E-state index is 0.218. The molecule has 132 valence electrons. The van der Waals surface area contributed by atoms with E-state index in [-0.39, 0.29) is 5.92 Å². The van der Waals surface area contributed by atoms with Crippen molar-refractivity contribution in [1.82, 2.24) is 15.0 Å². The van der Waals surface area contributed by atoms with Gasteiger partial charge in [-0.25, -0.2) is 0 Å². The Balaban J connectivity index is 1.24. The Morgan fingerprint density at radius 2 is 1.88 bits per heavy atom. The summed E-state index contributed by atoms with van der Waals surface area (Å²) < 4.78 is 5.12. The monoisotopic (exact) mass is 339 g/mol. The molecule has 2 fully saturated rings. The van der Waals surface area contributed by atoms with Crippen LogP contribution in [0.3, 0.4) is 0 Å². The lowest BCUT2D eigenvalue weighted by atomic mass is 9.71. The molecule has 5 nitrogen and oxygen atoms in total. The summed E-state index contributed by atoms with van der Waals surface area (Å²) in [5.41, 5.74) is 2.35. The molecule has 1 amide bonds. The van der Waals surface area contributed by atoms with Gasteiger partial charge in [-0.3, -0.25) is 9.69 Å². The Hall–Kier alpha value is -2.14. The first-order chi connectivity index (χ1) is 12.2. The van der Waals surface area contributed by atoms with E-state index in [1.54, 1.807) is 0 Å². The van der Waals surface area contributed by atoms with Gasteiger partial charge in [-0.15, -0.1) is 0 Å². The van der Waals surface area contributed by atoms with Gasteiger partial charge in [0.1, 0.15) is 5.76 Å². The molecular weight excluding hydrogens is 314 g/mol. The van der Waals surface area contributed by atoms with Gasteiger partial charge in [0, 0.05) is 44.7 Å². The predicted octanol–water partition coefficient (Wildman–Crippen LogP) is 2.82. The number of amides is 1. The van der Waals surface area contributed by atoms with E-state index in [1.807, 2.05) is 19.1 Å². The van der Waals surface area contributed by atoms with Crippen LogP contribution in [0.1, 0.15) is 35.8 Å². The molecule has 0 radical (unpaired) electrons. The Bertz CT molecular complexity index is 714. The maximum absolute atomic E-state index is 12.7. The molecule has 1 saturated carbocycles.